The van der Waals surface area contributed by atoms with E-state index in [1.165, 1.54) is 15.8 Å². The molecule has 0 unspecified atom stereocenters. The molecule has 8 nitrogen and oxygen atoms in total. The molecule has 0 saturated carbocycles. The van der Waals surface area contributed by atoms with Crippen LogP contribution in [0.25, 0.3) is 5.65 Å². The average molecular weight is 309 g/mol. The average Bonchev–Trinajstić information content (AvgIpc) is 3.07. The number of anilines is 1. The first-order valence-electron chi connectivity index (χ1n) is 7.37. The number of hydrogen-bond acceptors (Lipinski definition) is 6. The van der Waals surface area contributed by atoms with Crippen molar-refractivity contribution < 1.29 is 4.79 Å². The van der Waals surface area contributed by atoms with Gasteiger partial charge in [0.2, 0.25) is 5.91 Å². The molecule has 1 atom stereocenters. The van der Waals surface area contributed by atoms with Gasteiger partial charge in [-0.15, -0.1) is 14.8 Å². The summed E-state index contributed by atoms with van der Waals surface area (Å²) in [6.07, 6.45) is 0.644. The first kappa shape index (κ1) is 13.6. The van der Waals surface area contributed by atoms with Crippen LogP contribution in [0.2, 0.25) is 0 Å². The van der Waals surface area contributed by atoms with Crippen LogP contribution >= 0.6 is 0 Å². The van der Waals surface area contributed by atoms with E-state index < -0.39 is 0 Å². The Morgan fingerprint density at radius 2 is 2.04 bits per heavy atom. The molecule has 116 valence electrons. The zero-order valence-electron chi connectivity index (χ0n) is 12.5. The van der Waals surface area contributed by atoms with E-state index in [4.69, 9.17) is 0 Å². The van der Waals surface area contributed by atoms with Crippen molar-refractivity contribution in [1.29, 1.82) is 0 Å². The van der Waals surface area contributed by atoms with E-state index in [2.05, 4.69) is 38.1 Å². The lowest BCUT2D eigenvalue weighted by Crippen LogP contribution is -2.50. The zero-order chi connectivity index (χ0) is 15.8. The highest BCUT2D eigenvalue weighted by molar-refractivity contribution is 5.85. The van der Waals surface area contributed by atoms with Gasteiger partial charge in [0, 0.05) is 20.0 Å². The van der Waals surface area contributed by atoms with Gasteiger partial charge in [0.15, 0.2) is 11.5 Å². The normalized spacial score (nSPS) is 17.1. The van der Waals surface area contributed by atoms with Gasteiger partial charge < -0.3 is 10.2 Å². The summed E-state index contributed by atoms with van der Waals surface area (Å²) in [5.74, 6) is 0.644. The van der Waals surface area contributed by atoms with Crippen LogP contribution in [0, 0.1) is 0 Å². The Labute approximate surface area is 132 Å². The standard InChI is InChI=1S/C15H15N7O/c1-16-15(23)12-8-10-4-2-3-5-11(10)9-21(12)14-7-6-13-17-19-20-22(13)18-14/h2-7,12H,8-9H2,1H3,(H,16,23)/t12-/m0/s1. The number of likely N-dealkylation sites (N-methyl/N-ethyl adjacent to an activating group) is 1. The third kappa shape index (κ3) is 2.28. The van der Waals surface area contributed by atoms with Crippen LogP contribution < -0.4 is 10.2 Å². The number of amides is 1. The molecule has 1 aliphatic rings. The Morgan fingerprint density at radius 3 is 2.87 bits per heavy atom. The molecule has 4 rings (SSSR count). The van der Waals surface area contributed by atoms with E-state index in [1.54, 1.807) is 13.1 Å². The van der Waals surface area contributed by atoms with Gasteiger partial charge in [-0.1, -0.05) is 24.3 Å². The lowest BCUT2D eigenvalue weighted by molar-refractivity contribution is -0.122. The van der Waals surface area contributed by atoms with Crippen LogP contribution in [0.5, 0.6) is 0 Å². The molecule has 3 heterocycles. The van der Waals surface area contributed by atoms with Gasteiger partial charge in [0.05, 0.1) is 0 Å². The molecule has 1 aliphatic heterocycles. The third-order valence-electron chi connectivity index (χ3n) is 4.15. The highest BCUT2D eigenvalue weighted by atomic mass is 16.2. The summed E-state index contributed by atoms with van der Waals surface area (Å²) < 4.78 is 1.37. The summed E-state index contributed by atoms with van der Waals surface area (Å²) >= 11 is 0. The number of nitrogens with zero attached hydrogens (tertiary/aromatic N) is 6. The van der Waals surface area contributed by atoms with Crippen molar-refractivity contribution in [1.82, 2.24) is 30.6 Å². The van der Waals surface area contributed by atoms with Crippen LogP contribution in [0.4, 0.5) is 5.82 Å². The van der Waals surface area contributed by atoms with Crippen molar-refractivity contribution >= 4 is 17.4 Å². The number of tetrazole rings is 1. The van der Waals surface area contributed by atoms with Crippen molar-refractivity contribution in [3.63, 3.8) is 0 Å². The lowest BCUT2D eigenvalue weighted by atomic mass is 9.93. The van der Waals surface area contributed by atoms with Gasteiger partial charge >= 0.3 is 0 Å². The van der Waals surface area contributed by atoms with Crippen molar-refractivity contribution in [2.45, 2.75) is 19.0 Å². The zero-order valence-corrected chi connectivity index (χ0v) is 12.5. The maximum absolute atomic E-state index is 12.3. The van der Waals surface area contributed by atoms with E-state index in [0.29, 0.717) is 24.4 Å². The van der Waals surface area contributed by atoms with Gasteiger partial charge in [-0.25, -0.2) is 0 Å². The highest BCUT2D eigenvalue weighted by Gasteiger charge is 2.32. The number of nitrogens with one attached hydrogen (secondary N) is 1. The fourth-order valence-electron chi connectivity index (χ4n) is 2.96. The van der Waals surface area contributed by atoms with Gasteiger partial charge in [0.25, 0.3) is 0 Å². The van der Waals surface area contributed by atoms with Crippen LogP contribution in [-0.2, 0) is 17.8 Å². The molecule has 1 N–H and O–H groups in total. The number of benzene rings is 1. The number of carbonyl (C=O) groups excluding carboxylic acids is 1. The Bertz CT molecular complexity index is 875. The second-order valence-corrected chi connectivity index (χ2v) is 5.45. The van der Waals surface area contributed by atoms with Crippen LogP contribution in [0.3, 0.4) is 0 Å². The maximum atomic E-state index is 12.3. The van der Waals surface area contributed by atoms with E-state index >= 15 is 0 Å². The summed E-state index contributed by atoms with van der Waals surface area (Å²) in [7, 11) is 1.65. The largest absolute Gasteiger partial charge is 0.357 e. The van der Waals surface area contributed by atoms with E-state index in [0.717, 1.165) is 0 Å². The number of hydrogen-bond donors (Lipinski definition) is 1. The minimum Gasteiger partial charge on any atom is -0.357 e. The number of aromatic nitrogens is 5. The molecule has 23 heavy (non-hydrogen) atoms. The minimum atomic E-state index is -0.309. The summed E-state index contributed by atoms with van der Waals surface area (Å²) in [6, 6.07) is 11.5. The molecular weight excluding hydrogens is 294 g/mol. The maximum Gasteiger partial charge on any atom is 0.242 e. The van der Waals surface area contributed by atoms with Crippen molar-refractivity contribution in [2.24, 2.45) is 0 Å². The molecule has 8 heteroatoms. The number of rotatable bonds is 2. The van der Waals surface area contributed by atoms with E-state index in [1.807, 2.05) is 23.1 Å². The van der Waals surface area contributed by atoms with E-state index in [-0.39, 0.29) is 11.9 Å². The van der Waals surface area contributed by atoms with Crippen LogP contribution in [0.15, 0.2) is 36.4 Å². The van der Waals surface area contributed by atoms with Crippen molar-refractivity contribution in [3.8, 4) is 0 Å². The highest BCUT2D eigenvalue weighted by Crippen LogP contribution is 2.27. The molecule has 2 aromatic heterocycles. The molecule has 0 saturated heterocycles. The topological polar surface area (TPSA) is 88.3 Å². The van der Waals surface area contributed by atoms with Gasteiger partial charge in [-0.3, -0.25) is 4.79 Å². The smallest absolute Gasteiger partial charge is 0.242 e. The summed E-state index contributed by atoms with van der Waals surface area (Å²) in [4.78, 5) is 14.3. The van der Waals surface area contributed by atoms with E-state index in [9.17, 15) is 4.79 Å². The fraction of sp³-hybridized carbons (Fsp3) is 0.267. The van der Waals surface area contributed by atoms with Crippen LogP contribution in [0.1, 0.15) is 11.1 Å². The lowest BCUT2D eigenvalue weighted by Gasteiger charge is -2.36. The number of carbonyl (C=O) groups is 1. The molecule has 1 amide bonds. The minimum absolute atomic E-state index is 0.0295. The molecule has 0 aliphatic carbocycles. The summed E-state index contributed by atoms with van der Waals surface area (Å²) in [5, 5.41) is 18.4. The SMILES string of the molecule is CNC(=O)[C@@H]1Cc2ccccc2CN1c1ccc2nnnn2n1. The molecule has 0 radical (unpaired) electrons. The first-order chi connectivity index (χ1) is 11.3. The molecular formula is C15H15N7O. The second kappa shape index (κ2) is 5.31. The molecule has 3 aromatic rings. The van der Waals surface area contributed by atoms with Crippen LogP contribution in [-0.4, -0.2) is 44.3 Å². The summed E-state index contributed by atoms with van der Waals surface area (Å²) in [5.41, 5.74) is 2.97. The Kier molecular flexibility index (Phi) is 3.14. The monoisotopic (exact) mass is 309 g/mol. The van der Waals surface area contributed by atoms with Gasteiger partial charge in [-0.2, -0.15) is 0 Å². The van der Waals surface area contributed by atoms with Crippen molar-refractivity contribution in [3.05, 3.63) is 47.5 Å². The second-order valence-electron chi connectivity index (χ2n) is 5.45. The fourth-order valence-corrected chi connectivity index (χ4v) is 2.96. The predicted molar refractivity (Wildman–Crippen MR) is 82.8 cm³/mol. The molecule has 0 bridgehead atoms. The Balaban J connectivity index is 1.78. The Hall–Kier alpha value is -3.03. The number of fused-ring (bicyclic) bond motifs is 2. The quantitative estimate of drug-likeness (QED) is 0.727. The first-order valence-corrected chi connectivity index (χ1v) is 7.37. The van der Waals surface area contributed by atoms with Crippen molar-refractivity contribution in [2.75, 3.05) is 11.9 Å². The van der Waals surface area contributed by atoms with Gasteiger partial charge in [0.1, 0.15) is 6.04 Å². The third-order valence-corrected chi connectivity index (χ3v) is 4.15. The molecule has 0 fully saturated rings. The Morgan fingerprint density at radius 1 is 1.22 bits per heavy atom. The molecule has 1 aromatic carbocycles. The van der Waals surface area contributed by atoms with Gasteiger partial charge in [-0.05, 0) is 33.7 Å². The molecule has 0 spiro atoms. The summed E-state index contributed by atoms with van der Waals surface area (Å²) in [6.45, 7) is 0.620. The predicted octanol–water partition coefficient (Wildman–Crippen LogP) is 0.197.